The van der Waals surface area contributed by atoms with Crippen molar-refractivity contribution in [3.63, 3.8) is 0 Å². The van der Waals surface area contributed by atoms with Gasteiger partial charge >= 0.3 is 0 Å². The molecule has 3 aromatic carbocycles. The van der Waals surface area contributed by atoms with Gasteiger partial charge in [0.1, 0.15) is 28.5 Å². The average molecular weight is 487 g/mol. The molecule has 9 heteroatoms. The lowest BCUT2D eigenvalue weighted by molar-refractivity contribution is 0.414. The van der Waals surface area contributed by atoms with Crippen LogP contribution in [0.25, 0.3) is 27.5 Å². The van der Waals surface area contributed by atoms with Gasteiger partial charge in [0.2, 0.25) is 0 Å². The molecule has 0 aliphatic rings. The quantitative estimate of drug-likeness (QED) is 0.379. The summed E-state index contributed by atoms with van der Waals surface area (Å²) in [6.07, 6.45) is 0. The Morgan fingerprint density at radius 1 is 0.833 bits per heavy atom. The van der Waals surface area contributed by atoms with Crippen LogP contribution in [0.2, 0.25) is 0 Å². The Morgan fingerprint density at radius 2 is 1.50 bits per heavy atom. The molecule has 0 saturated heterocycles. The second-order valence-corrected chi connectivity index (χ2v) is 8.49. The highest BCUT2D eigenvalue weighted by atomic mass is 16.5. The van der Waals surface area contributed by atoms with Crippen LogP contribution >= 0.6 is 0 Å². The van der Waals surface area contributed by atoms with Crippen LogP contribution in [0.4, 0.5) is 5.82 Å². The maximum atomic E-state index is 13.9. The molecule has 2 aromatic heterocycles. The topological polar surface area (TPSA) is 113 Å². The van der Waals surface area contributed by atoms with Crippen molar-refractivity contribution in [2.24, 2.45) is 0 Å². The summed E-state index contributed by atoms with van der Waals surface area (Å²) in [6, 6.07) is 16.1. The predicted octanol–water partition coefficient (Wildman–Crippen LogP) is 3.60. The lowest BCUT2D eigenvalue weighted by Crippen LogP contribution is -2.23. The Morgan fingerprint density at radius 3 is 2.17 bits per heavy atom. The van der Waals surface area contributed by atoms with Crippen molar-refractivity contribution in [2.45, 2.75) is 13.5 Å². The number of nitrogens with one attached hydrogen (secondary N) is 1. The third-order valence-corrected chi connectivity index (χ3v) is 6.42. The van der Waals surface area contributed by atoms with E-state index >= 15 is 0 Å². The van der Waals surface area contributed by atoms with Crippen molar-refractivity contribution in [3.05, 3.63) is 86.3 Å². The molecule has 0 radical (unpaired) electrons. The first-order valence-corrected chi connectivity index (χ1v) is 11.3. The second kappa shape index (κ2) is 8.84. The van der Waals surface area contributed by atoms with Gasteiger partial charge in [0.05, 0.1) is 50.0 Å². The van der Waals surface area contributed by atoms with E-state index in [0.717, 1.165) is 11.1 Å². The highest BCUT2D eigenvalue weighted by Gasteiger charge is 2.22. The van der Waals surface area contributed by atoms with Gasteiger partial charge in [-0.15, -0.1) is 0 Å². The molecule has 0 aliphatic heterocycles. The molecule has 9 nitrogen and oxygen atoms in total. The maximum absolute atomic E-state index is 13.9. The van der Waals surface area contributed by atoms with Gasteiger partial charge in [0.15, 0.2) is 5.43 Å². The monoisotopic (exact) mass is 486 g/mol. The smallest absolute Gasteiger partial charge is 0.264 e. The van der Waals surface area contributed by atoms with E-state index in [1.165, 1.54) is 13.2 Å². The molecule has 0 aliphatic carbocycles. The van der Waals surface area contributed by atoms with Crippen molar-refractivity contribution < 1.29 is 14.2 Å². The number of methoxy groups -OCH3 is 3. The van der Waals surface area contributed by atoms with E-state index in [9.17, 15) is 9.59 Å². The van der Waals surface area contributed by atoms with E-state index in [0.29, 0.717) is 39.4 Å². The number of aromatic amines is 1. The Hall–Kier alpha value is -4.66. The largest absolute Gasteiger partial charge is 0.497 e. The Balaban J connectivity index is 1.85. The molecule has 2 heterocycles. The lowest BCUT2D eigenvalue weighted by Gasteiger charge is -2.13. The Kier molecular flexibility index (Phi) is 5.68. The minimum Gasteiger partial charge on any atom is -0.497 e. The number of aryl methyl sites for hydroxylation is 1. The van der Waals surface area contributed by atoms with Gasteiger partial charge in [0, 0.05) is 18.2 Å². The number of nitrogens with two attached hydrogens (primary N) is 1. The van der Waals surface area contributed by atoms with Crippen LogP contribution in [0.1, 0.15) is 11.1 Å². The first-order chi connectivity index (χ1) is 17.4. The van der Waals surface area contributed by atoms with E-state index < -0.39 is 0 Å². The fourth-order valence-electron chi connectivity index (χ4n) is 4.49. The number of ether oxygens (including phenoxy) is 3. The number of aromatic nitrogens is 3. The molecular weight excluding hydrogens is 460 g/mol. The minimum absolute atomic E-state index is 0.201. The molecule has 0 atom stereocenters. The molecule has 0 saturated carbocycles. The number of rotatable bonds is 6. The molecule has 5 aromatic rings. The van der Waals surface area contributed by atoms with E-state index in [4.69, 9.17) is 19.9 Å². The van der Waals surface area contributed by atoms with Crippen LogP contribution in [0.3, 0.4) is 0 Å². The third-order valence-electron chi connectivity index (χ3n) is 6.42. The summed E-state index contributed by atoms with van der Waals surface area (Å²) in [5, 5.41) is 3.79. The number of benzene rings is 3. The third kappa shape index (κ3) is 3.65. The SMILES string of the molecule is COc1ccc(Cn2c(=O)c3c(N)n(-c4cc(OC)ccc4C)[nH]c3c3c(=O)cc(OC)cc32)cc1. The van der Waals surface area contributed by atoms with Crippen molar-refractivity contribution in [2.75, 3.05) is 27.1 Å². The molecular formula is C27H26N4O5. The predicted molar refractivity (Wildman–Crippen MR) is 140 cm³/mol. The van der Waals surface area contributed by atoms with Crippen LogP contribution in [0.15, 0.2) is 64.2 Å². The number of nitrogen functional groups attached to an aromatic ring is 1. The highest BCUT2D eigenvalue weighted by Crippen LogP contribution is 2.30. The summed E-state index contributed by atoms with van der Waals surface area (Å²) in [5.41, 5.74) is 9.25. The standard InChI is InChI=1S/C27H26N4O5/c1-15-5-8-18(35-3)11-20(15)31-26(28)24-25(29-31)23-21(12-19(36-4)13-22(23)32)30(27(24)33)14-16-6-9-17(34-2)10-7-16/h5-13,29H,14,28H2,1-4H3. The van der Waals surface area contributed by atoms with Crippen LogP contribution in [-0.2, 0) is 6.54 Å². The fraction of sp³-hybridized carbons (Fsp3) is 0.185. The summed E-state index contributed by atoms with van der Waals surface area (Å²) in [6.45, 7) is 2.15. The molecule has 3 N–H and O–H groups in total. The number of hydrogen-bond acceptors (Lipinski definition) is 6. The summed E-state index contributed by atoms with van der Waals surface area (Å²) < 4.78 is 19.1. The average Bonchev–Trinajstić information content (AvgIpc) is 3.23. The van der Waals surface area contributed by atoms with Gasteiger partial charge in [-0.3, -0.25) is 14.7 Å². The van der Waals surface area contributed by atoms with Crippen molar-refractivity contribution in [3.8, 4) is 22.9 Å². The summed E-state index contributed by atoms with van der Waals surface area (Å²) >= 11 is 0. The molecule has 5 rings (SSSR count). The van der Waals surface area contributed by atoms with E-state index in [1.807, 2.05) is 49.4 Å². The zero-order chi connectivity index (χ0) is 25.6. The van der Waals surface area contributed by atoms with E-state index in [1.54, 1.807) is 29.5 Å². The highest BCUT2D eigenvalue weighted by molar-refractivity contribution is 6.07. The van der Waals surface area contributed by atoms with Crippen molar-refractivity contribution in [1.82, 2.24) is 14.3 Å². The Bertz CT molecular complexity index is 1730. The van der Waals surface area contributed by atoms with Crippen LogP contribution in [0, 0.1) is 6.92 Å². The molecule has 0 spiro atoms. The van der Waals surface area contributed by atoms with Gasteiger partial charge < -0.3 is 24.5 Å². The van der Waals surface area contributed by atoms with Crippen molar-refractivity contribution >= 4 is 27.6 Å². The molecule has 0 amide bonds. The number of H-pyrrole nitrogens is 1. The van der Waals surface area contributed by atoms with E-state index in [-0.39, 0.29) is 28.7 Å². The second-order valence-electron chi connectivity index (χ2n) is 8.49. The molecule has 36 heavy (non-hydrogen) atoms. The molecule has 184 valence electrons. The fourth-order valence-corrected chi connectivity index (χ4v) is 4.49. The van der Waals surface area contributed by atoms with Gasteiger partial charge in [-0.1, -0.05) is 18.2 Å². The molecule has 0 fully saturated rings. The van der Waals surface area contributed by atoms with Crippen LogP contribution < -0.4 is 30.9 Å². The summed E-state index contributed by atoms with van der Waals surface area (Å²) in [5.74, 6) is 1.91. The lowest BCUT2D eigenvalue weighted by atomic mass is 10.1. The Labute approximate surface area is 206 Å². The zero-order valence-electron chi connectivity index (χ0n) is 20.4. The number of fused-ring (bicyclic) bond motifs is 3. The van der Waals surface area contributed by atoms with Gasteiger partial charge in [0.25, 0.3) is 5.56 Å². The number of nitrogens with zero attached hydrogens (tertiary/aromatic N) is 2. The van der Waals surface area contributed by atoms with Crippen LogP contribution in [-0.4, -0.2) is 35.7 Å². The summed E-state index contributed by atoms with van der Waals surface area (Å²) in [7, 11) is 4.66. The van der Waals surface area contributed by atoms with Gasteiger partial charge in [-0.05, 0) is 36.2 Å². The minimum atomic E-state index is -0.325. The maximum Gasteiger partial charge on any atom is 0.264 e. The first-order valence-electron chi connectivity index (χ1n) is 11.3. The number of hydrogen-bond donors (Lipinski definition) is 2. The normalized spacial score (nSPS) is 11.2. The summed E-state index contributed by atoms with van der Waals surface area (Å²) in [4.78, 5) is 27.2. The molecule has 0 unspecified atom stereocenters. The van der Waals surface area contributed by atoms with E-state index in [2.05, 4.69) is 5.10 Å². The van der Waals surface area contributed by atoms with Crippen LogP contribution in [0.5, 0.6) is 17.2 Å². The number of anilines is 1. The molecule has 0 bridgehead atoms. The zero-order valence-corrected chi connectivity index (χ0v) is 20.4. The van der Waals surface area contributed by atoms with Gasteiger partial charge in [-0.25, -0.2) is 4.68 Å². The first kappa shape index (κ1) is 23.1. The number of pyridine rings is 1. The van der Waals surface area contributed by atoms with Gasteiger partial charge in [-0.2, -0.15) is 0 Å². The van der Waals surface area contributed by atoms with Crippen molar-refractivity contribution in [1.29, 1.82) is 0 Å².